The molecule has 0 unspecified atom stereocenters. The molecule has 0 saturated heterocycles. The van der Waals surface area contributed by atoms with E-state index >= 15 is 0 Å². The van der Waals surface area contributed by atoms with Crippen LogP contribution in [0, 0.1) is 13.8 Å². The predicted octanol–water partition coefficient (Wildman–Crippen LogP) is 3.79. The highest BCUT2D eigenvalue weighted by molar-refractivity contribution is 5.66. The normalized spacial score (nSPS) is 13.3. The second-order valence-electron chi connectivity index (χ2n) is 6.45. The molecule has 0 aliphatic rings. The lowest BCUT2D eigenvalue weighted by molar-refractivity contribution is -0.287. The minimum absolute atomic E-state index is 0.102. The number of hydrogen-bond acceptors (Lipinski definition) is 4. The van der Waals surface area contributed by atoms with Crippen molar-refractivity contribution in [3.8, 4) is 11.1 Å². The lowest BCUT2D eigenvalue weighted by Gasteiger charge is -2.19. The highest BCUT2D eigenvalue weighted by Crippen LogP contribution is 2.37. The first kappa shape index (κ1) is 21.6. The molecule has 0 amide bonds. The van der Waals surface area contributed by atoms with Crippen LogP contribution in [-0.2, 0) is 12.7 Å². The summed E-state index contributed by atoms with van der Waals surface area (Å²) < 4.78 is 105. The summed E-state index contributed by atoms with van der Waals surface area (Å²) in [6.45, 7) is 1.06. The molecular formula is C16H11F8N5O. The van der Waals surface area contributed by atoms with Crippen molar-refractivity contribution in [1.82, 2.24) is 24.4 Å². The van der Waals surface area contributed by atoms with E-state index in [2.05, 4.69) is 15.2 Å². The molecular weight excluding hydrogens is 430 g/mol. The number of halogens is 8. The van der Waals surface area contributed by atoms with Crippen LogP contribution in [0.4, 0.5) is 35.1 Å². The van der Waals surface area contributed by atoms with Gasteiger partial charge in [-0.2, -0.15) is 49.8 Å². The fourth-order valence-corrected chi connectivity index (χ4v) is 2.58. The van der Waals surface area contributed by atoms with Crippen LogP contribution in [0.25, 0.3) is 16.8 Å². The summed E-state index contributed by atoms with van der Waals surface area (Å²) in [7, 11) is 0. The number of hydrogen-bond donors (Lipinski definition) is 0. The molecule has 3 aromatic rings. The SMILES string of the molecule is Cc1cc2nc(C(F)(F)F)c(-c3cnn(CC(F)(F)C(F)(F)F)c3)c(=O)n2nc1C. The Balaban J connectivity index is 2.21. The topological polar surface area (TPSA) is 65.1 Å². The average Bonchev–Trinajstić information content (AvgIpc) is 3.02. The van der Waals surface area contributed by atoms with Gasteiger partial charge >= 0.3 is 18.3 Å². The van der Waals surface area contributed by atoms with Crippen LogP contribution in [0.3, 0.4) is 0 Å². The van der Waals surface area contributed by atoms with Crippen LogP contribution >= 0.6 is 0 Å². The molecule has 3 rings (SSSR count). The molecule has 3 aromatic heterocycles. The minimum atomic E-state index is -5.89. The standard InChI is InChI=1S/C16H11F8N5O/c1-7-3-10-26-12(15(19,20)21)11(13(30)29(10)27-8(7)2)9-4-25-28(5-9)6-14(17,18)16(22,23)24/h3-5H,6H2,1-2H3. The first-order valence-corrected chi connectivity index (χ1v) is 8.07. The van der Waals surface area contributed by atoms with Crippen LogP contribution in [0.5, 0.6) is 0 Å². The molecule has 0 N–H and O–H groups in total. The Kier molecular flexibility index (Phi) is 4.86. The van der Waals surface area contributed by atoms with Crippen LogP contribution < -0.4 is 5.56 Å². The van der Waals surface area contributed by atoms with Crippen LogP contribution in [0.2, 0.25) is 0 Å². The molecule has 0 aliphatic carbocycles. The third-order valence-electron chi connectivity index (χ3n) is 4.22. The summed E-state index contributed by atoms with van der Waals surface area (Å²) in [6.07, 6.45) is -9.95. The molecule has 3 heterocycles. The van der Waals surface area contributed by atoms with E-state index in [1.54, 1.807) is 6.92 Å². The maximum absolute atomic E-state index is 13.5. The maximum atomic E-state index is 13.5. The molecule has 0 atom stereocenters. The average molecular weight is 441 g/mol. The van der Waals surface area contributed by atoms with E-state index in [9.17, 15) is 39.9 Å². The maximum Gasteiger partial charge on any atom is 0.455 e. The van der Waals surface area contributed by atoms with E-state index in [0.717, 1.165) is 0 Å². The summed E-state index contributed by atoms with van der Waals surface area (Å²) >= 11 is 0. The second-order valence-corrected chi connectivity index (χ2v) is 6.45. The van der Waals surface area contributed by atoms with E-state index < -0.39 is 52.8 Å². The largest absolute Gasteiger partial charge is 0.455 e. The molecule has 14 heteroatoms. The van der Waals surface area contributed by atoms with E-state index in [0.29, 0.717) is 28.2 Å². The Hall–Kier alpha value is -3.06. The van der Waals surface area contributed by atoms with Gasteiger partial charge < -0.3 is 0 Å². The van der Waals surface area contributed by atoms with Crippen molar-refractivity contribution in [2.24, 2.45) is 0 Å². The van der Waals surface area contributed by atoms with Gasteiger partial charge in [0.05, 0.1) is 17.5 Å². The summed E-state index contributed by atoms with van der Waals surface area (Å²) in [4.78, 5) is 16.1. The van der Waals surface area contributed by atoms with Crippen molar-refractivity contribution in [1.29, 1.82) is 0 Å². The van der Waals surface area contributed by atoms with Gasteiger partial charge in [-0.05, 0) is 25.5 Å². The molecule has 30 heavy (non-hydrogen) atoms. The minimum Gasteiger partial charge on any atom is -0.267 e. The molecule has 0 saturated carbocycles. The van der Waals surface area contributed by atoms with Crippen molar-refractivity contribution in [3.05, 3.63) is 45.8 Å². The zero-order valence-electron chi connectivity index (χ0n) is 15.1. The summed E-state index contributed by atoms with van der Waals surface area (Å²) in [6, 6.07) is 1.20. The predicted molar refractivity (Wildman–Crippen MR) is 86.0 cm³/mol. The Morgan fingerprint density at radius 2 is 1.67 bits per heavy atom. The van der Waals surface area contributed by atoms with Gasteiger partial charge in [0.1, 0.15) is 6.54 Å². The Bertz CT molecular complexity index is 1180. The number of aromatic nitrogens is 5. The first-order valence-electron chi connectivity index (χ1n) is 8.07. The number of rotatable bonds is 3. The summed E-state index contributed by atoms with van der Waals surface area (Å²) in [5.41, 5.74) is -4.25. The summed E-state index contributed by atoms with van der Waals surface area (Å²) in [5, 5.41) is 7.10. The lowest BCUT2D eigenvalue weighted by atomic mass is 10.1. The van der Waals surface area contributed by atoms with Crippen LogP contribution in [0.1, 0.15) is 17.0 Å². The Morgan fingerprint density at radius 1 is 1.03 bits per heavy atom. The molecule has 0 fully saturated rings. The fraction of sp³-hybridized carbons (Fsp3) is 0.375. The number of nitrogens with zero attached hydrogens (tertiary/aromatic N) is 5. The van der Waals surface area contributed by atoms with Crippen molar-refractivity contribution in [2.75, 3.05) is 0 Å². The van der Waals surface area contributed by atoms with Crippen molar-refractivity contribution in [2.45, 2.75) is 38.7 Å². The van der Waals surface area contributed by atoms with Crippen molar-refractivity contribution in [3.63, 3.8) is 0 Å². The molecule has 162 valence electrons. The van der Waals surface area contributed by atoms with E-state index in [1.807, 2.05) is 0 Å². The highest BCUT2D eigenvalue weighted by atomic mass is 19.4. The van der Waals surface area contributed by atoms with Crippen LogP contribution in [0.15, 0.2) is 23.3 Å². The molecule has 0 aliphatic heterocycles. The van der Waals surface area contributed by atoms with Gasteiger partial charge in [0.2, 0.25) is 0 Å². The third kappa shape index (κ3) is 3.73. The molecule has 6 nitrogen and oxygen atoms in total. The monoisotopic (exact) mass is 441 g/mol. The van der Waals surface area contributed by atoms with Gasteiger partial charge in [0.25, 0.3) is 5.56 Å². The first-order chi connectivity index (χ1) is 13.6. The van der Waals surface area contributed by atoms with E-state index in [4.69, 9.17) is 0 Å². The second kappa shape index (κ2) is 6.74. The van der Waals surface area contributed by atoms with Crippen LogP contribution in [-0.4, -0.2) is 36.5 Å². The zero-order valence-corrected chi connectivity index (χ0v) is 15.1. The molecule has 0 spiro atoms. The number of fused-ring (bicyclic) bond motifs is 1. The molecule has 0 bridgehead atoms. The van der Waals surface area contributed by atoms with Gasteiger partial charge in [-0.3, -0.25) is 9.48 Å². The molecule has 0 radical (unpaired) electrons. The number of aryl methyl sites for hydroxylation is 2. The van der Waals surface area contributed by atoms with Gasteiger partial charge in [0, 0.05) is 11.8 Å². The van der Waals surface area contributed by atoms with Gasteiger partial charge in [-0.15, -0.1) is 0 Å². The smallest absolute Gasteiger partial charge is 0.267 e. The van der Waals surface area contributed by atoms with Gasteiger partial charge in [0.15, 0.2) is 11.3 Å². The quantitative estimate of drug-likeness (QED) is 0.581. The zero-order chi connectivity index (χ0) is 22.6. The number of alkyl halides is 8. The third-order valence-corrected chi connectivity index (χ3v) is 4.22. The van der Waals surface area contributed by atoms with Crippen molar-refractivity contribution >= 4 is 5.65 Å². The van der Waals surface area contributed by atoms with Crippen molar-refractivity contribution < 1.29 is 35.1 Å². The summed E-state index contributed by atoms with van der Waals surface area (Å²) in [5.74, 6) is -5.18. The molecule has 0 aromatic carbocycles. The Morgan fingerprint density at radius 3 is 2.23 bits per heavy atom. The van der Waals surface area contributed by atoms with Gasteiger partial charge in [-0.1, -0.05) is 0 Å². The highest BCUT2D eigenvalue weighted by Gasteiger charge is 2.57. The Labute approximate surface area is 161 Å². The van der Waals surface area contributed by atoms with E-state index in [1.165, 1.54) is 13.0 Å². The van der Waals surface area contributed by atoms with Gasteiger partial charge in [-0.25, -0.2) is 4.98 Å². The van der Waals surface area contributed by atoms with E-state index in [-0.39, 0.29) is 4.68 Å². The fourth-order valence-electron chi connectivity index (χ4n) is 2.58. The lowest BCUT2D eigenvalue weighted by Crippen LogP contribution is -2.40.